The van der Waals surface area contributed by atoms with E-state index in [1.807, 2.05) is 18.2 Å². The summed E-state index contributed by atoms with van der Waals surface area (Å²) in [5.74, 6) is 0. The van der Waals surface area contributed by atoms with E-state index in [9.17, 15) is 5.26 Å². The largest absolute Gasteiger partial charge is 0.365 e. The molecule has 2 fully saturated rings. The highest BCUT2D eigenvalue weighted by Crippen LogP contribution is 2.29. The van der Waals surface area contributed by atoms with Gasteiger partial charge in [0.2, 0.25) is 0 Å². The van der Waals surface area contributed by atoms with Gasteiger partial charge in [0.05, 0.1) is 11.3 Å². The molecule has 3 nitrogen and oxygen atoms in total. The van der Waals surface area contributed by atoms with Crippen LogP contribution in [0.5, 0.6) is 0 Å². The topological polar surface area (TPSA) is 30.3 Å². The molecule has 2 unspecified atom stereocenters. The number of nitrogens with zero attached hydrogens (tertiary/aromatic N) is 3. The lowest BCUT2D eigenvalue weighted by molar-refractivity contribution is 0.115. The summed E-state index contributed by atoms with van der Waals surface area (Å²) in [5, 5.41) is 9.28. The summed E-state index contributed by atoms with van der Waals surface area (Å²) >= 11 is 0. The van der Waals surface area contributed by atoms with Crippen molar-refractivity contribution in [3.63, 3.8) is 0 Å². The van der Waals surface area contributed by atoms with Crippen molar-refractivity contribution in [2.24, 2.45) is 0 Å². The zero-order valence-electron chi connectivity index (χ0n) is 11.5. The van der Waals surface area contributed by atoms with Crippen LogP contribution in [-0.2, 0) is 0 Å². The third-order valence-electron chi connectivity index (χ3n) is 4.52. The average molecular weight is 255 g/mol. The van der Waals surface area contributed by atoms with Crippen molar-refractivity contribution in [3.05, 3.63) is 29.8 Å². The van der Waals surface area contributed by atoms with E-state index in [0.717, 1.165) is 24.3 Å². The van der Waals surface area contributed by atoms with Gasteiger partial charge < -0.3 is 4.90 Å². The van der Waals surface area contributed by atoms with Crippen LogP contribution in [0.4, 0.5) is 5.69 Å². The molecule has 0 radical (unpaired) electrons. The second kappa shape index (κ2) is 5.22. The molecule has 2 atom stereocenters. The van der Waals surface area contributed by atoms with Crippen LogP contribution in [0.25, 0.3) is 0 Å². The highest BCUT2D eigenvalue weighted by Gasteiger charge is 2.33. The Labute approximate surface area is 115 Å². The third-order valence-corrected chi connectivity index (χ3v) is 4.52. The third kappa shape index (κ3) is 2.33. The fourth-order valence-corrected chi connectivity index (χ4v) is 3.51. The Morgan fingerprint density at radius 3 is 2.89 bits per heavy atom. The van der Waals surface area contributed by atoms with Crippen LogP contribution in [0, 0.1) is 11.3 Å². The number of nitriles is 1. The minimum absolute atomic E-state index is 0.490. The summed E-state index contributed by atoms with van der Waals surface area (Å²) < 4.78 is 0. The maximum atomic E-state index is 9.28. The average Bonchev–Trinajstić information content (AvgIpc) is 2.46. The molecule has 1 aromatic rings. The molecule has 2 heterocycles. The number of rotatable bonds is 1. The minimum Gasteiger partial charge on any atom is -0.365 e. The quantitative estimate of drug-likeness (QED) is 0.773. The molecular formula is C16H21N3. The smallest absolute Gasteiger partial charge is 0.101 e. The molecule has 2 aliphatic heterocycles. The van der Waals surface area contributed by atoms with Crippen molar-refractivity contribution in [1.29, 1.82) is 5.26 Å². The van der Waals surface area contributed by atoms with Crippen molar-refractivity contribution in [3.8, 4) is 6.07 Å². The fourth-order valence-electron chi connectivity index (χ4n) is 3.51. The molecule has 2 aliphatic rings. The van der Waals surface area contributed by atoms with Crippen molar-refractivity contribution < 1.29 is 0 Å². The highest BCUT2D eigenvalue weighted by molar-refractivity contribution is 5.60. The molecule has 3 heteroatoms. The molecule has 3 rings (SSSR count). The second-order valence-corrected chi connectivity index (χ2v) is 5.77. The number of anilines is 1. The second-order valence-electron chi connectivity index (χ2n) is 5.77. The fraction of sp³-hybridized carbons (Fsp3) is 0.562. The van der Waals surface area contributed by atoms with Crippen LogP contribution in [0.1, 0.15) is 31.7 Å². The first-order valence-corrected chi connectivity index (χ1v) is 7.29. The maximum absolute atomic E-state index is 9.28. The van der Waals surface area contributed by atoms with Gasteiger partial charge in [-0.3, -0.25) is 4.90 Å². The van der Waals surface area contributed by atoms with E-state index in [2.05, 4.69) is 28.9 Å². The lowest BCUT2D eigenvalue weighted by atomic mass is 9.96. The van der Waals surface area contributed by atoms with Gasteiger partial charge in [-0.1, -0.05) is 18.6 Å². The molecule has 100 valence electrons. The molecule has 0 amide bonds. The Hall–Kier alpha value is -1.53. The molecule has 0 saturated carbocycles. The van der Waals surface area contributed by atoms with Gasteiger partial charge in [0.25, 0.3) is 0 Å². The van der Waals surface area contributed by atoms with Crippen LogP contribution < -0.4 is 4.90 Å². The number of fused-ring (bicyclic) bond motifs is 1. The summed E-state index contributed by atoms with van der Waals surface area (Å²) in [6.45, 7) is 5.73. The predicted molar refractivity (Wildman–Crippen MR) is 77.2 cm³/mol. The number of benzene rings is 1. The number of piperidine rings is 1. The molecule has 0 N–H and O–H groups in total. The van der Waals surface area contributed by atoms with E-state index in [4.69, 9.17) is 0 Å². The zero-order valence-corrected chi connectivity index (χ0v) is 11.5. The van der Waals surface area contributed by atoms with Crippen LogP contribution in [0.2, 0.25) is 0 Å². The first-order valence-electron chi connectivity index (χ1n) is 7.29. The summed E-state index contributed by atoms with van der Waals surface area (Å²) in [6, 6.07) is 11.5. The van der Waals surface area contributed by atoms with Gasteiger partial charge in [-0.25, -0.2) is 0 Å². The van der Waals surface area contributed by atoms with E-state index < -0.39 is 0 Å². The number of piperazine rings is 1. The van der Waals surface area contributed by atoms with Crippen LogP contribution in [0.3, 0.4) is 0 Å². The van der Waals surface area contributed by atoms with Gasteiger partial charge in [0, 0.05) is 25.2 Å². The van der Waals surface area contributed by atoms with Crippen molar-refractivity contribution in [2.75, 3.05) is 24.5 Å². The van der Waals surface area contributed by atoms with Gasteiger partial charge in [0.1, 0.15) is 6.07 Å². The Morgan fingerprint density at radius 2 is 2.05 bits per heavy atom. The standard InChI is InChI=1S/C16H21N3/c1-13-11-18-9-5-4-7-15(18)12-19(13)16-8-3-2-6-14(16)10-17/h2-3,6,8,13,15H,4-5,7,9,11-12H2,1H3. The summed E-state index contributed by atoms with van der Waals surface area (Å²) in [4.78, 5) is 5.07. The van der Waals surface area contributed by atoms with Gasteiger partial charge >= 0.3 is 0 Å². The van der Waals surface area contributed by atoms with Crippen molar-refractivity contribution in [2.45, 2.75) is 38.3 Å². The molecule has 0 aromatic heterocycles. The SMILES string of the molecule is CC1CN2CCCCC2CN1c1ccccc1C#N. The zero-order chi connectivity index (χ0) is 13.2. The van der Waals surface area contributed by atoms with E-state index in [1.54, 1.807) is 0 Å². The molecule has 2 saturated heterocycles. The van der Waals surface area contributed by atoms with Crippen molar-refractivity contribution in [1.82, 2.24) is 4.90 Å². The lowest BCUT2D eigenvalue weighted by Gasteiger charge is -2.48. The van der Waals surface area contributed by atoms with E-state index in [0.29, 0.717) is 12.1 Å². The van der Waals surface area contributed by atoms with Crippen LogP contribution in [-0.4, -0.2) is 36.6 Å². The first kappa shape index (κ1) is 12.5. The predicted octanol–water partition coefficient (Wildman–Crippen LogP) is 2.62. The first-order chi connectivity index (χ1) is 9.29. The van der Waals surface area contributed by atoms with Crippen molar-refractivity contribution >= 4 is 5.69 Å². The van der Waals surface area contributed by atoms with Gasteiger partial charge in [0.15, 0.2) is 0 Å². The highest BCUT2D eigenvalue weighted by atomic mass is 15.3. The Morgan fingerprint density at radius 1 is 1.21 bits per heavy atom. The summed E-state index contributed by atoms with van der Waals surface area (Å²) in [5.41, 5.74) is 1.92. The van der Waals surface area contributed by atoms with Crippen LogP contribution >= 0.6 is 0 Å². The summed E-state index contributed by atoms with van der Waals surface area (Å²) in [7, 11) is 0. The normalized spacial score (nSPS) is 27.7. The van der Waals surface area contributed by atoms with Gasteiger partial charge in [-0.05, 0) is 38.4 Å². The van der Waals surface area contributed by atoms with E-state index in [1.165, 1.54) is 25.8 Å². The van der Waals surface area contributed by atoms with E-state index in [-0.39, 0.29) is 0 Å². The molecule has 0 aliphatic carbocycles. The summed E-state index contributed by atoms with van der Waals surface area (Å²) in [6.07, 6.45) is 4.00. The molecule has 0 bridgehead atoms. The van der Waals surface area contributed by atoms with Crippen LogP contribution in [0.15, 0.2) is 24.3 Å². The van der Waals surface area contributed by atoms with Gasteiger partial charge in [-0.15, -0.1) is 0 Å². The number of hydrogen-bond acceptors (Lipinski definition) is 3. The number of para-hydroxylation sites is 1. The lowest BCUT2D eigenvalue weighted by Crippen LogP contribution is -2.59. The Bertz CT molecular complexity index is 491. The Kier molecular flexibility index (Phi) is 3.44. The molecular weight excluding hydrogens is 234 g/mol. The van der Waals surface area contributed by atoms with Gasteiger partial charge in [-0.2, -0.15) is 5.26 Å². The Balaban J connectivity index is 1.86. The minimum atomic E-state index is 0.490. The molecule has 19 heavy (non-hydrogen) atoms. The van der Waals surface area contributed by atoms with E-state index >= 15 is 0 Å². The molecule has 1 aromatic carbocycles. The number of hydrogen-bond donors (Lipinski definition) is 0. The molecule has 0 spiro atoms. The monoisotopic (exact) mass is 255 g/mol. The maximum Gasteiger partial charge on any atom is 0.101 e.